The third kappa shape index (κ3) is 1.50. The summed E-state index contributed by atoms with van der Waals surface area (Å²) in [6, 6.07) is 7.02. The second-order valence-corrected chi connectivity index (χ2v) is 5.64. The van der Waals surface area contributed by atoms with E-state index in [1.807, 2.05) is 19.1 Å². The van der Waals surface area contributed by atoms with Crippen molar-refractivity contribution in [2.45, 2.75) is 11.8 Å². The van der Waals surface area contributed by atoms with Crippen molar-refractivity contribution in [2.75, 3.05) is 6.54 Å². The van der Waals surface area contributed by atoms with Gasteiger partial charge in [-0.2, -0.15) is 0 Å². The molecule has 0 spiro atoms. The van der Waals surface area contributed by atoms with Crippen molar-refractivity contribution >= 4 is 15.9 Å². The molecule has 80 valence electrons. The Morgan fingerprint density at radius 1 is 1.33 bits per heavy atom. The summed E-state index contributed by atoms with van der Waals surface area (Å²) >= 11 is 0. The van der Waals surface area contributed by atoms with Crippen LogP contribution in [0.1, 0.15) is 12.5 Å². The lowest BCUT2D eigenvalue weighted by Crippen LogP contribution is -2.17. The van der Waals surface area contributed by atoms with E-state index in [0.29, 0.717) is 16.3 Å². The van der Waals surface area contributed by atoms with Crippen molar-refractivity contribution in [3.05, 3.63) is 34.7 Å². The van der Waals surface area contributed by atoms with Crippen LogP contribution in [0.15, 0.2) is 34.1 Å². The zero-order valence-corrected chi connectivity index (χ0v) is 9.29. The van der Waals surface area contributed by atoms with Crippen molar-refractivity contribution in [1.82, 2.24) is 0 Å². The van der Waals surface area contributed by atoms with E-state index in [4.69, 9.17) is 5.73 Å². The summed E-state index contributed by atoms with van der Waals surface area (Å²) in [5.74, 6) is -0.123. The summed E-state index contributed by atoms with van der Waals surface area (Å²) in [5, 5.41) is 0. The quantitative estimate of drug-likeness (QED) is 0.824. The fourth-order valence-corrected chi connectivity index (χ4v) is 3.58. The third-order valence-corrected chi connectivity index (χ3v) is 4.75. The van der Waals surface area contributed by atoms with E-state index in [0.717, 1.165) is 5.56 Å². The molecule has 1 aromatic rings. The van der Waals surface area contributed by atoms with Gasteiger partial charge in [-0.3, -0.25) is 0 Å². The lowest BCUT2D eigenvalue weighted by molar-refractivity contribution is 0.594. The molecule has 1 unspecified atom stereocenters. The fraction of sp³-hybridized carbons (Fsp3) is 0.273. The molecule has 2 N–H and O–H groups in total. The molecule has 1 atom stereocenters. The first kappa shape index (κ1) is 10.4. The maximum absolute atomic E-state index is 12.1. The Kier molecular flexibility index (Phi) is 2.40. The molecule has 2 rings (SSSR count). The van der Waals surface area contributed by atoms with Crippen molar-refractivity contribution in [3.63, 3.8) is 0 Å². The number of rotatable bonds is 2. The molecule has 0 bridgehead atoms. The van der Waals surface area contributed by atoms with Crippen molar-refractivity contribution in [1.29, 1.82) is 0 Å². The van der Waals surface area contributed by atoms with Crippen molar-refractivity contribution in [2.24, 2.45) is 11.7 Å². The summed E-state index contributed by atoms with van der Waals surface area (Å²) in [6.07, 6.45) is 1.72. The monoisotopic (exact) mass is 223 g/mol. The standard InChI is InChI=1S/C11H13NO2S/c1-8(7-12)11-6-9-4-2-3-5-10(9)15(11,13)14/h2-6,8H,7,12H2,1H3. The molecule has 1 aliphatic heterocycles. The minimum atomic E-state index is -3.28. The van der Waals surface area contributed by atoms with Crippen LogP contribution in [0.25, 0.3) is 6.08 Å². The van der Waals surface area contributed by atoms with Gasteiger partial charge in [0.15, 0.2) is 0 Å². The average molecular weight is 223 g/mol. The van der Waals surface area contributed by atoms with E-state index >= 15 is 0 Å². The highest BCUT2D eigenvalue weighted by molar-refractivity contribution is 7.95. The van der Waals surface area contributed by atoms with E-state index in [-0.39, 0.29) is 5.92 Å². The fourth-order valence-electron chi connectivity index (χ4n) is 1.73. The van der Waals surface area contributed by atoms with Crippen LogP contribution in [0.2, 0.25) is 0 Å². The van der Waals surface area contributed by atoms with Gasteiger partial charge in [-0.05, 0) is 24.3 Å². The van der Waals surface area contributed by atoms with Gasteiger partial charge in [-0.15, -0.1) is 0 Å². The molecule has 0 radical (unpaired) electrons. The molecule has 0 fully saturated rings. The van der Waals surface area contributed by atoms with Crippen LogP contribution >= 0.6 is 0 Å². The molecule has 0 aromatic heterocycles. The predicted molar refractivity (Wildman–Crippen MR) is 59.8 cm³/mol. The summed E-state index contributed by atoms with van der Waals surface area (Å²) in [5.41, 5.74) is 6.27. The molecular formula is C11H13NO2S. The first-order valence-corrected chi connectivity index (χ1v) is 6.31. The highest BCUT2D eigenvalue weighted by Crippen LogP contribution is 2.35. The molecule has 4 heteroatoms. The average Bonchev–Trinajstić information content (AvgIpc) is 2.51. The van der Waals surface area contributed by atoms with Gasteiger partial charge in [0.25, 0.3) is 0 Å². The Labute approximate surface area is 89.5 Å². The highest BCUT2D eigenvalue weighted by Gasteiger charge is 2.31. The summed E-state index contributed by atoms with van der Waals surface area (Å²) < 4.78 is 24.1. The Morgan fingerprint density at radius 3 is 2.60 bits per heavy atom. The number of hydrogen-bond donors (Lipinski definition) is 1. The molecule has 15 heavy (non-hydrogen) atoms. The van der Waals surface area contributed by atoms with E-state index in [9.17, 15) is 8.42 Å². The van der Waals surface area contributed by atoms with Crippen molar-refractivity contribution in [3.8, 4) is 0 Å². The van der Waals surface area contributed by atoms with Gasteiger partial charge >= 0.3 is 0 Å². The van der Waals surface area contributed by atoms with Gasteiger partial charge in [-0.1, -0.05) is 25.1 Å². The molecule has 0 aliphatic carbocycles. The van der Waals surface area contributed by atoms with Gasteiger partial charge in [0.05, 0.1) is 9.80 Å². The second-order valence-electron chi connectivity index (χ2n) is 3.72. The molecule has 1 heterocycles. The van der Waals surface area contributed by atoms with E-state index in [1.54, 1.807) is 18.2 Å². The summed E-state index contributed by atoms with van der Waals surface area (Å²) in [6.45, 7) is 2.17. The maximum atomic E-state index is 12.1. The van der Waals surface area contributed by atoms with Gasteiger partial charge in [0.2, 0.25) is 9.84 Å². The Morgan fingerprint density at radius 2 is 2.00 bits per heavy atom. The molecule has 1 aliphatic rings. The third-order valence-electron chi connectivity index (χ3n) is 2.66. The first-order valence-electron chi connectivity index (χ1n) is 4.83. The first-order chi connectivity index (χ1) is 7.07. The van der Waals surface area contributed by atoms with Crippen LogP contribution in [0.3, 0.4) is 0 Å². The Bertz CT molecular complexity index is 517. The van der Waals surface area contributed by atoms with E-state index in [1.165, 1.54) is 0 Å². The number of benzene rings is 1. The Hall–Kier alpha value is -1.13. The SMILES string of the molecule is CC(CN)C1=Cc2ccccc2S1(=O)=O. The van der Waals surface area contributed by atoms with Crippen LogP contribution in [-0.4, -0.2) is 15.0 Å². The predicted octanol–water partition coefficient (Wildman–Crippen LogP) is 1.41. The normalized spacial score (nSPS) is 19.5. The molecule has 3 nitrogen and oxygen atoms in total. The minimum Gasteiger partial charge on any atom is -0.330 e. The lowest BCUT2D eigenvalue weighted by atomic mass is 10.1. The van der Waals surface area contributed by atoms with Crippen LogP contribution in [0.5, 0.6) is 0 Å². The van der Waals surface area contributed by atoms with Gasteiger partial charge in [0, 0.05) is 5.92 Å². The zero-order chi connectivity index (χ0) is 11.1. The number of hydrogen-bond acceptors (Lipinski definition) is 3. The lowest BCUT2D eigenvalue weighted by Gasteiger charge is -2.09. The van der Waals surface area contributed by atoms with E-state index < -0.39 is 9.84 Å². The number of sulfone groups is 1. The molecule has 1 aromatic carbocycles. The number of fused-ring (bicyclic) bond motifs is 1. The molecule has 0 saturated heterocycles. The van der Waals surface area contributed by atoms with Crippen molar-refractivity contribution < 1.29 is 8.42 Å². The molecular weight excluding hydrogens is 210 g/mol. The van der Waals surface area contributed by atoms with Crippen LogP contribution in [0, 0.1) is 5.92 Å². The topological polar surface area (TPSA) is 60.2 Å². The smallest absolute Gasteiger partial charge is 0.203 e. The highest BCUT2D eigenvalue weighted by atomic mass is 32.2. The number of nitrogens with two attached hydrogens (primary N) is 1. The maximum Gasteiger partial charge on any atom is 0.203 e. The van der Waals surface area contributed by atoms with Crippen LogP contribution in [0.4, 0.5) is 0 Å². The van der Waals surface area contributed by atoms with Gasteiger partial charge < -0.3 is 5.73 Å². The van der Waals surface area contributed by atoms with Crippen LogP contribution in [-0.2, 0) is 9.84 Å². The van der Waals surface area contributed by atoms with E-state index in [2.05, 4.69) is 0 Å². The summed E-state index contributed by atoms with van der Waals surface area (Å²) in [7, 11) is -3.28. The second kappa shape index (κ2) is 3.47. The molecule has 0 amide bonds. The van der Waals surface area contributed by atoms with Gasteiger partial charge in [0.1, 0.15) is 0 Å². The largest absolute Gasteiger partial charge is 0.330 e. The van der Waals surface area contributed by atoms with Gasteiger partial charge in [-0.25, -0.2) is 8.42 Å². The summed E-state index contributed by atoms with van der Waals surface area (Å²) in [4.78, 5) is 0.839. The Balaban J connectivity index is 2.59. The minimum absolute atomic E-state index is 0.123. The zero-order valence-electron chi connectivity index (χ0n) is 8.47. The van der Waals surface area contributed by atoms with Crippen LogP contribution < -0.4 is 5.73 Å². The molecule has 0 saturated carbocycles.